The molecule has 1 aromatic carbocycles. The van der Waals surface area contributed by atoms with Gasteiger partial charge in [-0.2, -0.15) is 0 Å². The summed E-state index contributed by atoms with van der Waals surface area (Å²) in [7, 11) is 0. The normalized spacial score (nSPS) is 10.9. The molecule has 0 aliphatic heterocycles. The van der Waals surface area contributed by atoms with Gasteiger partial charge in [0.05, 0.1) is 6.42 Å². The number of hydrogen-bond acceptors (Lipinski definition) is 2. The molecular formula is C16H23NO2. The molecule has 0 atom stereocenters. The number of hydrogen-bond donors (Lipinski definition) is 1. The number of ketones is 1. The van der Waals surface area contributed by atoms with Crippen molar-refractivity contribution in [3.63, 3.8) is 0 Å². The molecule has 1 amide bonds. The van der Waals surface area contributed by atoms with E-state index >= 15 is 0 Å². The topological polar surface area (TPSA) is 46.2 Å². The minimum atomic E-state index is -0.247. The quantitative estimate of drug-likeness (QED) is 0.818. The number of anilines is 1. The molecule has 0 bridgehead atoms. The van der Waals surface area contributed by atoms with Crippen LogP contribution in [0.2, 0.25) is 0 Å². The SMILES string of the molecule is CC(=O)CC(=O)Nc1cc(C(C)C)cc(C(C)C)c1. The first-order valence-corrected chi connectivity index (χ1v) is 6.73. The highest BCUT2D eigenvalue weighted by Gasteiger charge is 2.10. The molecule has 0 spiro atoms. The third kappa shape index (κ3) is 4.86. The third-order valence-electron chi connectivity index (χ3n) is 3.00. The lowest BCUT2D eigenvalue weighted by atomic mass is 9.95. The van der Waals surface area contributed by atoms with Gasteiger partial charge in [-0.25, -0.2) is 0 Å². The molecule has 0 unspecified atom stereocenters. The standard InChI is InChI=1S/C16H23NO2/c1-10(2)13-7-14(11(3)4)9-15(8-13)17-16(19)6-12(5)18/h7-11H,6H2,1-5H3,(H,17,19). The maximum atomic E-state index is 11.7. The minimum Gasteiger partial charge on any atom is -0.326 e. The largest absolute Gasteiger partial charge is 0.326 e. The summed E-state index contributed by atoms with van der Waals surface area (Å²) in [6.45, 7) is 9.92. The molecule has 0 fully saturated rings. The third-order valence-corrected chi connectivity index (χ3v) is 3.00. The van der Waals surface area contributed by atoms with Crippen molar-refractivity contribution in [1.82, 2.24) is 0 Å². The van der Waals surface area contributed by atoms with E-state index in [1.165, 1.54) is 18.1 Å². The van der Waals surface area contributed by atoms with Crippen molar-refractivity contribution in [2.75, 3.05) is 5.32 Å². The van der Waals surface area contributed by atoms with Crippen LogP contribution in [0.15, 0.2) is 18.2 Å². The Labute approximate surface area is 115 Å². The maximum absolute atomic E-state index is 11.7. The summed E-state index contributed by atoms with van der Waals surface area (Å²) >= 11 is 0. The Hall–Kier alpha value is -1.64. The molecular weight excluding hydrogens is 238 g/mol. The predicted molar refractivity (Wildman–Crippen MR) is 78.5 cm³/mol. The summed E-state index contributed by atoms with van der Waals surface area (Å²) < 4.78 is 0. The van der Waals surface area contributed by atoms with Gasteiger partial charge in [0.2, 0.25) is 5.91 Å². The fraction of sp³-hybridized carbons (Fsp3) is 0.500. The van der Waals surface area contributed by atoms with Crippen LogP contribution in [0.1, 0.15) is 64.0 Å². The van der Waals surface area contributed by atoms with Gasteiger partial charge in [0.1, 0.15) is 5.78 Å². The highest BCUT2D eigenvalue weighted by atomic mass is 16.2. The van der Waals surface area contributed by atoms with E-state index < -0.39 is 0 Å². The van der Waals surface area contributed by atoms with Crippen LogP contribution in [0.25, 0.3) is 0 Å². The van der Waals surface area contributed by atoms with Crippen molar-refractivity contribution < 1.29 is 9.59 Å². The summed E-state index contributed by atoms with van der Waals surface area (Å²) in [4.78, 5) is 22.6. The van der Waals surface area contributed by atoms with E-state index in [1.54, 1.807) is 0 Å². The van der Waals surface area contributed by atoms with Crippen molar-refractivity contribution in [1.29, 1.82) is 0 Å². The van der Waals surface area contributed by atoms with Gasteiger partial charge in [0.25, 0.3) is 0 Å². The van der Waals surface area contributed by atoms with Crippen molar-refractivity contribution in [3.8, 4) is 0 Å². The lowest BCUT2D eigenvalue weighted by Gasteiger charge is -2.14. The molecule has 0 saturated heterocycles. The van der Waals surface area contributed by atoms with Crippen molar-refractivity contribution >= 4 is 17.4 Å². The number of benzene rings is 1. The molecule has 1 aromatic rings. The van der Waals surface area contributed by atoms with Gasteiger partial charge in [0, 0.05) is 5.69 Å². The van der Waals surface area contributed by atoms with Gasteiger partial charge in [-0.1, -0.05) is 33.8 Å². The molecule has 0 aliphatic carbocycles. The van der Waals surface area contributed by atoms with Gasteiger partial charge >= 0.3 is 0 Å². The van der Waals surface area contributed by atoms with Crippen LogP contribution >= 0.6 is 0 Å². The predicted octanol–water partition coefficient (Wildman–Crippen LogP) is 3.85. The van der Waals surface area contributed by atoms with E-state index in [-0.39, 0.29) is 18.1 Å². The molecule has 1 N–H and O–H groups in total. The summed E-state index contributed by atoms with van der Waals surface area (Å²) in [5.74, 6) is 0.439. The van der Waals surface area contributed by atoms with E-state index in [0.29, 0.717) is 11.8 Å². The molecule has 0 aliphatic rings. The summed E-state index contributed by atoms with van der Waals surface area (Å²) in [6, 6.07) is 6.14. The number of amides is 1. The van der Waals surface area contributed by atoms with Crippen LogP contribution in [0.5, 0.6) is 0 Å². The molecule has 0 aromatic heterocycles. The highest BCUT2D eigenvalue weighted by molar-refractivity contribution is 6.03. The zero-order chi connectivity index (χ0) is 14.6. The van der Waals surface area contributed by atoms with E-state index in [2.05, 4.69) is 39.1 Å². The molecule has 0 heterocycles. The Balaban J connectivity index is 2.99. The highest BCUT2D eigenvalue weighted by Crippen LogP contribution is 2.26. The summed E-state index contributed by atoms with van der Waals surface area (Å²) in [6.07, 6.45) is -0.0665. The van der Waals surface area contributed by atoms with E-state index in [0.717, 1.165) is 5.69 Å². The van der Waals surface area contributed by atoms with Crippen LogP contribution in [-0.4, -0.2) is 11.7 Å². The lowest BCUT2D eigenvalue weighted by Crippen LogP contribution is -2.15. The van der Waals surface area contributed by atoms with Gasteiger partial charge in [0.15, 0.2) is 0 Å². The fourth-order valence-corrected chi connectivity index (χ4v) is 1.85. The lowest BCUT2D eigenvalue weighted by molar-refractivity contribution is -0.124. The second-order valence-corrected chi connectivity index (χ2v) is 5.62. The number of carbonyl (C=O) groups excluding carboxylic acids is 2. The van der Waals surface area contributed by atoms with Gasteiger partial charge in [-0.05, 0) is 42.0 Å². The minimum absolute atomic E-state index is 0.0665. The van der Waals surface area contributed by atoms with E-state index in [4.69, 9.17) is 0 Å². The molecule has 0 saturated carbocycles. The number of nitrogens with one attached hydrogen (secondary N) is 1. The molecule has 3 heteroatoms. The molecule has 19 heavy (non-hydrogen) atoms. The first kappa shape index (κ1) is 15.4. The second kappa shape index (κ2) is 6.50. The van der Waals surface area contributed by atoms with Gasteiger partial charge in [-0.15, -0.1) is 0 Å². The molecule has 1 rings (SSSR count). The number of Topliss-reactive ketones (excluding diaryl/α,β-unsaturated/α-hetero) is 1. The van der Waals surface area contributed by atoms with Crippen molar-refractivity contribution in [3.05, 3.63) is 29.3 Å². The monoisotopic (exact) mass is 261 g/mol. The first-order chi connectivity index (χ1) is 8.79. The molecule has 0 radical (unpaired) electrons. The molecule has 104 valence electrons. The number of carbonyl (C=O) groups is 2. The van der Waals surface area contributed by atoms with E-state index in [9.17, 15) is 9.59 Å². The smallest absolute Gasteiger partial charge is 0.231 e. The summed E-state index contributed by atoms with van der Waals surface area (Å²) in [5, 5.41) is 2.80. The van der Waals surface area contributed by atoms with Crippen LogP contribution < -0.4 is 5.32 Å². The Morgan fingerprint density at radius 1 is 1.00 bits per heavy atom. The average molecular weight is 261 g/mol. The average Bonchev–Trinajstić information content (AvgIpc) is 2.26. The Bertz CT molecular complexity index is 449. The summed E-state index contributed by atoms with van der Waals surface area (Å²) in [5.41, 5.74) is 3.18. The first-order valence-electron chi connectivity index (χ1n) is 6.73. The van der Waals surface area contributed by atoms with Crippen molar-refractivity contribution in [2.24, 2.45) is 0 Å². The molecule has 3 nitrogen and oxygen atoms in total. The second-order valence-electron chi connectivity index (χ2n) is 5.62. The maximum Gasteiger partial charge on any atom is 0.231 e. The van der Waals surface area contributed by atoms with Crippen LogP contribution in [0.4, 0.5) is 5.69 Å². The Kier molecular flexibility index (Phi) is 5.28. The van der Waals surface area contributed by atoms with Crippen LogP contribution in [0, 0.1) is 0 Å². The zero-order valence-corrected chi connectivity index (χ0v) is 12.4. The zero-order valence-electron chi connectivity index (χ0n) is 12.4. The van der Waals surface area contributed by atoms with Gasteiger partial charge < -0.3 is 5.32 Å². The Morgan fingerprint density at radius 2 is 1.47 bits per heavy atom. The number of rotatable bonds is 5. The Morgan fingerprint density at radius 3 is 1.84 bits per heavy atom. The van der Waals surface area contributed by atoms with Crippen LogP contribution in [0.3, 0.4) is 0 Å². The van der Waals surface area contributed by atoms with Gasteiger partial charge in [-0.3, -0.25) is 9.59 Å². The fourth-order valence-electron chi connectivity index (χ4n) is 1.85. The van der Waals surface area contributed by atoms with Crippen LogP contribution in [-0.2, 0) is 9.59 Å². The van der Waals surface area contributed by atoms with E-state index in [1.807, 2.05) is 12.1 Å². The van der Waals surface area contributed by atoms with Crippen molar-refractivity contribution in [2.45, 2.75) is 52.9 Å².